The third-order valence-corrected chi connectivity index (χ3v) is 10.1. The van der Waals surface area contributed by atoms with Crippen LogP contribution in [0.3, 0.4) is 0 Å². The number of benzene rings is 5. The summed E-state index contributed by atoms with van der Waals surface area (Å²) in [7, 11) is 1.40. The largest absolute Gasteiger partial charge is 0.457 e. The maximum absolute atomic E-state index is 13.8. The Balaban J connectivity index is 1.21. The van der Waals surface area contributed by atoms with Gasteiger partial charge in [-0.15, -0.1) is 0 Å². The third kappa shape index (κ3) is 7.75. The lowest BCUT2D eigenvalue weighted by Crippen LogP contribution is -2.67. The van der Waals surface area contributed by atoms with E-state index in [-0.39, 0.29) is 19.1 Å². The SMILES string of the molecule is CO[C@@H]1O[C@H](COC(c2ccccc2)(c2ccccc2)c2ccccc2)[C@@H](OC(C)=O)[C@H](NC(=O)OCC2c3ccccc3-c3ccccc32)[C@H]1OC(C)=O. The molecule has 0 saturated carbocycles. The molecule has 10 nitrogen and oxygen atoms in total. The number of nitrogens with one attached hydrogen (secondary N) is 1. The molecule has 1 N–H and O–H groups in total. The zero-order valence-corrected chi connectivity index (χ0v) is 30.8. The molecule has 1 amide bonds. The molecule has 0 radical (unpaired) electrons. The van der Waals surface area contributed by atoms with Gasteiger partial charge in [-0.25, -0.2) is 4.79 Å². The number of carbonyl (C=O) groups is 3. The maximum Gasteiger partial charge on any atom is 0.407 e. The van der Waals surface area contributed by atoms with Crippen LogP contribution >= 0.6 is 0 Å². The van der Waals surface area contributed by atoms with Crippen molar-refractivity contribution in [1.29, 1.82) is 0 Å². The molecule has 5 aromatic carbocycles. The number of carbonyl (C=O) groups excluding carboxylic acids is 3. The van der Waals surface area contributed by atoms with E-state index in [1.54, 1.807) is 0 Å². The Hall–Kier alpha value is -5.81. The van der Waals surface area contributed by atoms with Crippen LogP contribution in [-0.4, -0.2) is 69.0 Å². The molecule has 7 rings (SSSR count). The second-order valence-corrected chi connectivity index (χ2v) is 13.5. The molecule has 1 saturated heterocycles. The number of ether oxygens (including phenoxy) is 6. The molecule has 282 valence electrons. The van der Waals surface area contributed by atoms with Gasteiger partial charge in [0.25, 0.3) is 0 Å². The Morgan fingerprint density at radius 1 is 0.618 bits per heavy atom. The summed E-state index contributed by atoms with van der Waals surface area (Å²) < 4.78 is 36.7. The number of rotatable bonds is 12. The first-order chi connectivity index (χ1) is 26.8. The summed E-state index contributed by atoms with van der Waals surface area (Å²) in [4.78, 5) is 39.0. The highest BCUT2D eigenvalue weighted by Crippen LogP contribution is 2.45. The lowest BCUT2D eigenvalue weighted by atomic mass is 9.80. The van der Waals surface area contributed by atoms with Gasteiger partial charge in [0, 0.05) is 26.9 Å². The average molecular weight is 742 g/mol. The Morgan fingerprint density at radius 2 is 1.07 bits per heavy atom. The van der Waals surface area contributed by atoms with Gasteiger partial charge in [0.05, 0.1) is 6.61 Å². The molecule has 0 aromatic heterocycles. The summed E-state index contributed by atoms with van der Waals surface area (Å²) in [6.45, 7) is 2.38. The summed E-state index contributed by atoms with van der Waals surface area (Å²) >= 11 is 0. The molecule has 5 atom stereocenters. The molecule has 1 aliphatic carbocycles. The molecule has 0 unspecified atom stereocenters. The Kier molecular flexibility index (Phi) is 11.4. The van der Waals surface area contributed by atoms with Crippen molar-refractivity contribution in [3.63, 3.8) is 0 Å². The van der Waals surface area contributed by atoms with Crippen molar-refractivity contribution in [2.24, 2.45) is 0 Å². The van der Waals surface area contributed by atoms with E-state index in [4.69, 9.17) is 28.4 Å². The van der Waals surface area contributed by atoms with E-state index in [0.717, 1.165) is 38.9 Å². The van der Waals surface area contributed by atoms with Crippen LogP contribution in [0.25, 0.3) is 11.1 Å². The lowest BCUT2D eigenvalue weighted by Gasteiger charge is -2.46. The van der Waals surface area contributed by atoms with Crippen molar-refractivity contribution in [3.05, 3.63) is 167 Å². The maximum atomic E-state index is 13.8. The van der Waals surface area contributed by atoms with Crippen LogP contribution in [0.2, 0.25) is 0 Å². The fourth-order valence-corrected chi connectivity index (χ4v) is 7.82. The van der Waals surface area contributed by atoms with Crippen molar-refractivity contribution in [2.75, 3.05) is 20.3 Å². The molecule has 10 heteroatoms. The van der Waals surface area contributed by atoms with E-state index < -0.39 is 54.3 Å². The van der Waals surface area contributed by atoms with E-state index in [0.29, 0.717) is 0 Å². The van der Waals surface area contributed by atoms with Gasteiger partial charge >= 0.3 is 18.0 Å². The predicted molar refractivity (Wildman–Crippen MR) is 204 cm³/mol. The Morgan fingerprint density at radius 3 is 1.55 bits per heavy atom. The van der Waals surface area contributed by atoms with Gasteiger partial charge in [0.15, 0.2) is 18.5 Å². The molecule has 2 aliphatic rings. The van der Waals surface area contributed by atoms with Gasteiger partial charge in [-0.1, -0.05) is 140 Å². The monoisotopic (exact) mass is 741 g/mol. The van der Waals surface area contributed by atoms with Crippen molar-refractivity contribution in [2.45, 2.75) is 56.0 Å². The fraction of sp³-hybridized carbons (Fsp3) is 0.267. The van der Waals surface area contributed by atoms with E-state index in [1.807, 2.05) is 127 Å². The van der Waals surface area contributed by atoms with Crippen molar-refractivity contribution < 1.29 is 42.8 Å². The standard InChI is InChI=1S/C45H43NO9/c1-29(47)53-41-39(28-52-45(31-17-7-4-8-18-31,32-19-9-5-10-20-32)33-21-11-6-12-22-33)55-43(50-3)42(54-30(2)48)40(41)46-44(49)51-27-38-36-25-15-13-23-34(36)35-24-14-16-26-37(35)38/h4-26,38-43H,27-28H2,1-3H3,(H,46,49)/t39-,40+,41-,42-,43-/m1/s1. The molecular weight excluding hydrogens is 698 g/mol. The van der Waals surface area contributed by atoms with Gasteiger partial charge in [-0.2, -0.15) is 0 Å². The third-order valence-electron chi connectivity index (χ3n) is 10.1. The van der Waals surface area contributed by atoms with Crippen LogP contribution < -0.4 is 5.32 Å². The summed E-state index contributed by atoms with van der Waals surface area (Å²) in [5.74, 6) is -1.49. The summed E-state index contributed by atoms with van der Waals surface area (Å²) in [6.07, 6.45) is -5.41. The molecular formula is C45H43NO9. The molecule has 0 spiro atoms. The molecule has 5 aromatic rings. The average Bonchev–Trinajstić information content (AvgIpc) is 3.53. The second-order valence-electron chi connectivity index (χ2n) is 13.5. The highest BCUT2D eigenvalue weighted by atomic mass is 16.7. The van der Waals surface area contributed by atoms with Gasteiger partial charge in [-0.05, 0) is 38.9 Å². The van der Waals surface area contributed by atoms with E-state index in [2.05, 4.69) is 17.4 Å². The minimum absolute atomic E-state index is 0.0353. The first kappa shape index (κ1) is 37.5. The van der Waals surface area contributed by atoms with Gasteiger partial charge < -0.3 is 33.7 Å². The zero-order chi connectivity index (χ0) is 38.4. The number of hydrogen-bond donors (Lipinski definition) is 1. The highest BCUT2D eigenvalue weighted by molar-refractivity contribution is 5.79. The number of hydrogen-bond acceptors (Lipinski definition) is 9. The topological polar surface area (TPSA) is 119 Å². The van der Waals surface area contributed by atoms with Gasteiger partial charge in [0.2, 0.25) is 0 Å². The summed E-state index contributed by atoms with van der Waals surface area (Å²) in [5.41, 5.74) is 5.68. The summed E-state index contributed by atoms with van der Waals surface area (Å²) in [5, 5.41) is 2.86. The smallest absolute Gasteiger partial charge is 0.407 e. The molecule has 0 bridgehead atoms. The minimum Gasteiger partial charge on any atom is -0.457 e. The Labute approximate surface area is 320 Å². The number of esters is 2. The van der Waals surface area contributed by atoms with Crippen LogP contribution in [0.15, 0.2) is 140 Å². The number of alkyl carbamates (subject to hydrolysis) is 1. The minimum atomic E-state index is -1.22. The van der Waals surface area contributed by atoms with E-state index >= 15 is 0 Å². The van der Waals surface area contributed by atoms with Crippen LogP contribution in [0.4, 0.5) is 4.79 Å². The van der Waals surface area contributed by atoms with Gasteiger partial charge in [0.1, 0.15) is 24.4 Å². The van der Waals surface area contributed by atoms with Crippen molar-refractivity contribution in [3.8, 4) is 11.1 Å². The lowest BCUT2D eigenvalue weighted by molar-refractivity contribution is -0.282. The van der Waals surface area contributed by atoms with Crippen LogP contribution in [0.1, 0.15) is 47.6 Å². The normalized spacial score (nSPS) is 20.5. The number of methoxy groups -OCH3 is 1. The van der Waals surface area contributed by atoms with Crippen molar-refractivity contribution >= 4 is 18.0 Å². The van der Waals surface area contributed by atoms with E-state index in [1.165, 1.54) is 21.0 Å². The highest BCUT2D eigenvalue weighted by Gasteiger charge is 2.52. The molecule has 55 heavy (non-hydrogen) atoms. The van der Waals surface area contributed by atoms with Crippen LogP contribution in [0.5, 0.6) is 0 Å². The quantitative estimate of drug-likeness (QED) is 0.0809. The van der Waals surface area contributed by atoms with Gasteiger partial charge in [-0.3, -0.25) is 9.59 Å². The fourth-order valence-electron chi connectivity index (χ4n) is 7.82. The molecule has 1 heterocycles. The number of amides is 1. The number of fused-ring (bicyclic) bond motifs is 3. The summed E-state index contributed by atoms with van der Waals surface area (Å²) in [6, 6.07) is 44.3. The van der Waals surface area contributed by atoms with E-state index in [9.17, 15) is 14.4 Å². The molecule has 1 aliphatic heterocycles. The molecule has 1 fully saturated rings. The van der Waals surface area contributed by atoms with Crippen LogP contribution in [-0.2, 0) is 43.6 Å². The van der Waals surface area contributed by atoms with Crippen molar-refractivity contribution in [1.82, 2.24) is 5.32 Å². The first-order valence-corrected chi connectivity index (χ1v) is 18.2. The zero-order valence-electron chi connectivity index (χ0n) is 30.8. The Bertz CT molecular complexity index is 1950. The first-order valence-electron chi connectivity index (χ1n) is 18.2. The second kappa shape index (κ2) is 16.7. The van der Waals surface area contributed by atoms with Crippen LogP contribution in [0, 0.1) is 0 Å². The predicted octanol–water partition coefficient (Wildman–Crippen LogP) is 7.14.